The fourth-order valence-corrected chi connectivity index (χ4v) is 1.27. The lowest BCUT2D eigenvalue weighted by atomic mass is 10.1. The number of carbonyl (C=O) groups is 2. The van der Waals surface area contributed by atoms with Crippen LogP contribution in [0.3, 0.4) is 0 Å². The first-order valence-electron chi connectivity index (χ1n) is 4.32. The van der Waals surface area contributed by atoms with Gasteiger partial charge in [-0.2, -0.15) is 4.99 Å². The highest BCUT2D eigenvalue weighted by Crippen LogP contribution is 2.18. The lowest BCUT2D eigenvalue weighted by Crippen LogP contribution is -2.41. The molecule has 0 atom stereocenters. The number of fused-ring (bicyclic) bond motifs is 1. The second-order valence-electron chi connectivity index (χ2n) is 3.44. The molecule has 14 heavy (non-hydrogen) atoms. The van der Waals surface area contributed by atoms with Crippen molar-refractivity contribution in [1.29, 1.82) is 0 Å². The minimum Gasteiger partial charge on any atom is -0.271 e. The number of urea groups is 1. The van der Waals surface area contributed by atoms with E-state index in [0.29, 0.717) is 5.71 Å². The van der Waals surface area contributed by atoms with Crippen molar-refractivity contribution in [3.05, 3.63) is 11.8 Å². The Bertz CT molecular complexity index is 416. The number of rotatable bonds is 1. The SMILES string of the molecule is CC(C)C1=CC2=NC(=O)NC(=O)C2=N1. The van der Waals surface area contributed by atoms with Gasteiger partial charge in [-0.15, -0.1) is 0 Å². The zero-order chi connectivity index (χ0) is 10.3. The molecule has 2 rings (SSSR count). The predicted octanol–water partition coefficient (Wildman–Crippen LogP) is 0.672. The molecule has 0 fully saturated rings. The first kappa shape index (κ1) is 8.80. The van der Waals surface area contributed by atoms with Crippen molar-refractivity contribution in [2.24, 2.45) is 15.9 Å². The Labute approximate surface area is 80.6 Å². The lowest BCUT2D eigenvalue weighted by Gasteiger charge is -2.06. The average molecular weight is 191 g/mol. The van der Waals surface area contributed by atoms with Crippen LogP contribution >= 0.6 is 0 Å². The molecular weight excluding hydrogens is 182 g/mol. The van der Waals surface area contributed by atoms with Crippen LogP contribution < -0.4 is 5.32 Å². The largest absolute Gasteiger partial charge is 0.348 e. The molecule has 0 aromatic carbocycles. The van der Waals surface area contributed by atoms with Gasteiger partial charge in [0.15, 0.2) is 5.71 Å². The lowest BCUT2D eigenvalue weighted by molar-refractivity contribution is -0.113. The summed E-state index contributed by atoms with van der Waals surface area (Å²) in [5.74, 6) is -0.245. The van der Waals surface area contributed by atoms with E-state index in [9.17, 15) is 9.59 Å². The van der Waals surface area contributed by atoms with Crippen molar-refractivity contribution in [2.45, 2.75) is 13.8 Å². The Morgan fingerprint density at radius 1 is 1.29 bits per heavy atom. The van der Waals surface area contributed by atoms with Gasteiger partial charge >= 0.3 is 6.03 Å². The molecule has 0 bridgehead atoms. The zero-order valence-corrected chi connectivity index (χ0v) is 7.87. The van der Waals surface area contributed by atoms with E-state index in [0.717, 1.165) is 5.70 Å². The maximum Gasteiger partial charge on any atom is 0.348 e. The Kier molecular flexibility index (Phi) is 1.80. The third-order valence-corrected chi connectivity index (χ3v) is 2.02. The van der Waals surface area contributed by atoms with E-state index in [1.165, 1.54) is 0 Å². The topological polar surface area (TPSA) is 70.9 Å². The van der Waals surface area contributed by atoms with E-state index in [2.05, 4.69) is 15.3 Å². The molecule has 0 aliphatic carbocycles. The molecule has 2 aliphatic rings. The van der Waals surface area contributed by atoms with Gasteiger partial charge in [0.25, 0.3) is 5.91 Å². The van der Waals surface area contributed by atoms with Crippen LogP contribution in [0.1, 0.15) is 13.8 Å². The van der Waals surface area contributed by atoms with E-state index in [1.54, 1.807) is 6.08 Å². The van der Waals surface area contributed by atoms with E-state index < -0.39 is 11.9 Å². The van der Waals surface area contributed by atoms with Crippen molar-refractivity contribution in [3.8, 4) is 0 Å². The molecule has 0 saturated heterocycles. The molecule has 0 spiro atoms. The van der Waals surface area contributed by atoms with Gasteiger partial charge in [0.05, 0.1) is 0 Å². The molecule has 0 aromatic rings. The summed E-state index contributed by atoms with van der Waals surface area (Å²) in [7, 11) is 0. The highest BCUT2D eigenvalue weighted by molar-refractivity contribution is 6.73. The quantitative estimate of drug-likeness (QED) is 0.661. The molecule has 0 saturated carbocycles. The van der Waals surface area contributed by atoms with Crippen molar-refractivity contribution in [1.82, 2.24) is 5.32 Å². The van der Waals surface area contributed by atoms with Gasteiger partial charge in [-0.1, -0.05) is 13.8 Å². The molecule has 0 unspecified atom stereocenters. The van der Waals surface area contributed by atoms with Gasteiger partial charge in [-0.05, 0) is 12.0 Å². The fraction of sp³-hybridized carbons (Fsp3) is 0.333. The van der Waals surface area contributed by atoms with Gasteiger partial charge in [0.2, 0.25) is 0 Å². The number of hydrogen-bond donors (Lipinski definition) is 1. The van der Waals surface area contributed by atoms with Crippen LogP contribution in [-0.4, -0.2) is 23.4 Å². The summed E-state index contributed by atoms with van der Waals surface area (Å²) in [6.45, 7) is 3.93. The van der Waals surface area contributed by atoms with Crippen LogP contribution in [0.15, 0.2) is 21.8 Å². The van der Waals surface area contributed by atoms with E-state index >= 15 is 0 Å². The Morgan fingerprint density at radius 3 is 2.64 bits per heavy atom. The first-order chi connectivity index (χ1) is 6.58. The molecule has 5 heteroatoms. The van der Waals surface area contributed by atoms with Crippen LogP contribution in [0.25, 0.3) is 0 Å². The number of amides is 3. The molecule has 3 amide bonds. The summed E-state index contributed by atoms with van der Waals surface area (Å²) >= 11 is 0. The van der Waals surface area contributed by atoms with E-state index in [-0.39, 0.29) is 11.6 Å². The normalized spacial score (nSPS) is 20.1. The van der Waals surface area contributed by atoms with Gasteiger partial charge in [0.1, 0.15) is 5.71 Å². The van der Waals surface area contributed by atoms with Gasteiger partial charge in [0, 0.05) is 5.70 Å². The van der Waals surface area contributed by atoms with Crippen molar-refractivity contribution in [2.75, 3.05) is 0 Å². The summed E-state index contributed by atoms with van der Waals surface area (Å²) in [4.78, 5) is 29.9. The zero-order valence-electron chi connectivity index (χ0n) is 7.87. The van der Waals surface area contributed by atoms with E-state index in [4.69, 9.17) is 0 Å². The Balaban J connectivity index is 2.44. The number of nitrogens with one attached hydrogen (secondary N) is 1. The fourth-order valence-electron chi connectivity index (χ4n) is 1.27. The number of allylic oxidation sites excluding steroid dienone is 2. The number of hydrogen-bond acceptors (Lipinski definition) is 3. The Hall–Kier alpha value is -1.78. The molecule has 0 aromatic heterocycles. The molecule has 5 nitrogen and oxygen atoms in total. The molecule has 2 aliphatic heterocycles. The standard InChI is InChI=1S/C9H9N3O2/c1-4(2)5-3-6-7(10-5)8(13)12-9(14)11-6/h3-4H,1-2H3,(H,12,13,14). The Morgan fingerprint density at radius 2 is 2.00 bits per heavy atom. The predicted molar refractivity (Wildman–Crippen MR) is 51.3 cm³/mol. The van der Waals surface area contributed by atoms with Crippen molar-refractivity contribution >= 4 is 23.4 Å². The number of aliphatic imine (C=N–C) groups is 2. The van der Waals surface area contributed by atoms with Gasteiger partial charge in [-0.3, -0.25) is 10.1 Å². The average Bonchev–Trinajstić information content (AvgIpc) is 2.47. The minimum absolute atomic E-state index is 0.221. The second-order valence-corrected chi connectivity index (χ2v) is 3.44. The van der Waals surface area contributed by atoms with Gasteiger partial charge < -0.3 is 0 Å². The van der Waals surface area contributed by atoms with Crippen LogP contribution in [0, 0.1) is 5.92 Å². The highest BCUT2D eigenvalue weighted by atomic mass is 16.2. The van der Waals surface area contributed by atoms with Crippen LogP contribution in [0.5, 0.6) is 0 Å². The molecule has 1 N–H and O–H groups in total. The summed E-state index contributed by atoms with van der Waals surface area (Å²) < 4.78 is 0. The summed E-state index contributed by atoms with van der Waals surface area (Å²) in [6.07, 6.45) is 1.68. The molecule has 2 heterocycles. The summed E-state index contributed by atoms with van der Waals surface area (Å²) in [6, 6.07) is -0.620. The number of carbonyl (C=O) groups excluding carboxylic acids is 2. The van der Waals surface area contributed by atoms with Gasteiger partial charge in [-0.25, -0.2) is 9.79 Å². The van der Waals surface area contributed by atoms with Crippen LogP contribution in [0.4, 0.5) is 4.79 Å². The maximum atomic E-state index is 11.3. The second kappa shape index (κ2) is 2.87. The number of nitrogens with zero attached hydrogens (tertiary/aromatic N) is 2. The third-order valence-electron chi connectivity index (χ3n) is 2.02. The highest BCUT2D eigenvalue weighted by Gasteiger charge is 2.29. The van der Waals surface area contributed by atoms with Crippen molar-refractivity contribution in [3.63, 3.8) is 0 Å². The molecular formula is C9H9N3O2. The first-order valence-corrected chi connectivity index (χ1v) is 4.32. The molecule has 72 valence electrons. The van der Waals surface area contributed by atoms with E-state index in [1.807, 2.05) is 13.8 Å². The summed E-state index contributed by atoms with van der Waals surface area (Å²) in [5, 5.41) is 2.08. The minimum atomic E-state index is -0.620. The summed E-state index contributed by atoms with van der Waals surface area (Å²) in [5.41, 5.74) is 1.40. The van der Waals surface area contributed by atoms with Crippen LogP contribution in [-0.2, 0) is 4.79 Å². The van der Waals surface area contributed by atoms with Crippen molar-refractivity contribution < 1.29 is 9.59 Å². The monoisotopic (exact) mass is 191 g/mol. The third kappa shape index (κ3) is 1.26. The molecule has 0 radical (unpaired) electrons. The van der Waals surface area contributed by atoms with Crippen LogP contribution in [0.2, 0.25) is 0 Å². The maximum absolute atomic E-state index is 11.3. The number of imide groups is 1. The smallest absolute Gasteiger partial charge is 0.271 e.